The van der Waals surface area contributed by atoms with Crippen molar-refractivity contribution in [1.29, 1.82) is 0 Å². The predicted octanol–water partition coefficient (Wildman–Crippen LogP) is 0.957. The second-order valence-corrected chi connectivity index (χ2v) is 4.55. The van der Waals surface area contributed by atoms with Crippen LogP contribution < -0.4 is 5.73 Å². The van der Waals surface area contributed by atoms with Gasteiger partial charge in [0.05, 0.1) is 12.3 Å². The average Bonchev–Trinajstić information content (AvgIpc) is 2.34. The minimum absolute atomic E-state index is 0.0120. The third-order valence-electron chi connectivity index (χ3n) is 3.12. The molecular weight excluding hydrogens is 240 g/mol. The summed E-state index contributed by atoms with van der Waals surface area (Å²) in [5.41, 5.74) is 5.72. The number of rotatable bonds is 6. The molecule has 104 valence electrons. The zero-order chi connectivity index (χ0) is 13.7. The van der Waals surface area contributed by atoms with Gasteiger partial charge in [-0.05, 0) is 19.9 Å². The lowest BCUT2D eigenvalue weighted by Gasteiger charge is -2.27. The van der Waals surface area contributed by atoms with Crippen LogP contribution in [-0.4, -0.2) is 55.2 Å². The molecule has 0 atom stereocenters. The molecule has 0 radical (unpaired) electrons. The van der Waals surface area contributed by atoms with Crippen molar-refractivity contribution in [3.63, 3.8) is 0 Å². The molecule has 0 aromatic heterocycles. The number of likely N-dealkylation sites (N-methyl/N-ethyl adjacent to an activating group) is 2. The topological polar surface area (TPSA) is 52.7 Å². The van der Waals surface area contributed by atoms with Crippen LogP contribution in [0.15, 0.2) is 23.0 Å². The average molecular weight is 261 g/mol. The van der Waals surface area contributed by atoms with E-state index in [1.807, 2.05) is 11.9 Å². The molecule has 0 amide bonds. The van der Waals surface area contributed by atoms with Gasteiger partial charge in [0.1, 0.15) is 0 Å². The molecule has 0 bridgehead atoms. The van der Waals surface area contributed by atoms with Crippen LogP contribution in [0, 0.1) is 0 Å². The van der Waals surface area contributed by atoms with Gasteiger partial charge in [-0.1, -0.05) is 0 Å². The zero-order valence-corrected chi connectivity index (χ0v) is 10.9. The first-order valence-electron chi connectivity index (χ1n) is 6.01. The van der Waals surface area contributed by atoms with Crippen molar-refractivity contribution in [2.45, 2.75) is 12.8 Å². The Morgan fingerprint density at radius 2 is 1.78 bits per heavy atom. The van der Waals surface area contributed by atoms with Gasteiger partial charge in [0, 0.05) is 32.4 Å². The van der Waals surface area contributed by atoms with E-state index in [9.17, 15) is 8.78 Å². The summed E-state index contributed by atoms with van der Waals surface area (Å²) >= 11 is 0. The third-order valence-corrected chi connectivity index (χ3v) is 3.12. The lowest BCUT2D eigenvalue weighted by atomic mass is 10.1. The molecule has 0 unspecified atom stereocenters. The molecule has 0 fully saturated rings. The van der Waals surface area contributed by atoms with Crippen LogP contribution in [0.3, 0.4) is 0 Å². The molecule has 0 saturated heterocycles. The summed E-state index contributed by atoms with van der Waals surface area (Å²) in [5.74, 6) is -1.77. The normalized spacial score (nSPS) is 16.8. The summed E-state index contributed by atoms with van der Waals surface area (Å²) in [5, 5.41) is 8.76. The van der Waals surface area contributed by atoms with Crippen molar-refractivity contribution in [1.82, 2.24) is 9.80 Å². The van der Waals surface area contributed by atoms with Crippen LogP contribution in [-0.2, 0) is 0 Å². The van der Waals surface area contributed by atoms with E-state index in [4.69, 9.17) is 10.8 Å². The Balaban J connectivity index is 2.59. The molecule has 1 aliphatic carbocycles. The molecular formula is C12H21F2N3O. The minimum atomic E-state index is -0.924. The molecule has 0 aromatic rings. The number of hydrogen-bond acceptors (Lipinski definition) is 4. The van der Waals surface area contributed by atoms with Crippen molar-refractivity contribution in [2.24, 2.45) is 5.73 Å². The van der Waals surface area contributed by atoms with Crippen molar-refractivity contribution in [2.75, 3.05) is 40.3 Å². The molecule has 0 saturated carbocycles. The molecule has 0 heterocycles. The SMILES string of the molecule is CN(CCO)CCN(C)C1=C(F)C(F)=C(N)CC1. The van der Waals surface area contributed by atoms with Gasteiger partial charge in [0.25, 0.3) is 0 Å². The highest BCUT2D eigenvalue weighted by atomic mass is 19.2. The van der Waals surface area contributed by atoms with E-state index in [-0.39, 0.29) is 12.3 Å². The molecule has 1 rings (SSSR count). The maximum Gasteiger partial charge on any atom is 0.179 e. The fourth-order valence-electron chi connectivity index (χ4n) is 1.84. The van der Waals surface area contributed by atoms with Crippen LogP contribution >= 0.6 is 0 Å². The van der Waals surface area contributed by atoms with Crippen LogP contribution in [0.2, 0.25) is 0 Å². The van der Waals surface area contributed by atoms with Crippen LogP contribution in [0.4, 0.5) is 8.78 Å². The van der Waals surface area contributed by atoms with E-state index in [1.54, 1.807) is 11.9 Å². The molecule has 0 aromatic carbocycles. The highest BCUT2D eigenvalue weighted by molar-refractivity contribution is 5.32. The fourth-order valence-corrected chi connectivity index (χ4v) is 1.84. The van der Waals surface area contributed by atoms with Gasteiger partial charge in [0.15, 0.2) is 11.7 Å². The lowest BCUT2D eigenvalue weighted by molar-refractivity contribution is 0.208. The van der Waals surface area contributed by atoms with Gasteiger partial charge in [-0.3, -0.25) is 0 Å². The number of aliphatic hydroxyl groups is 1. The molecule has 1 aliphatic rings. The first-order chi connectivity index (χ1) is 8.47. The molecule has 3 N–H and O–H groups in total. The van der Waals surface area contributed by atoms with Crippen molar-refractivity contribution < 1.29 is 13.9 Å². The number of halogens is 2. The van der Waals surface area contributed by atoms with E-state index in [0.717, 1.165) is 0 Å². The molecule has 6 heteroatoms. The van der Waals surface area contributed by atoms with E-state index < -0.39 is 11.7 Å². The van der Waals surface area contributed by atoms with E-state index in [2.05, 4.69) is 0 Å². The predicted molar refractivity (Wildman–Crippen MR) is 66.9 cm³/mol. The summed E-state index contributed by atoms with van der Waals surface area (Å²) < 4.78 is 27.0. The quantitative estimate of drug-likeness (QED) is 0.747. The van der Waals surface area contributed by atoms with Crippen molar-refractivity contribution >= 4 is 0 Å². The van der Waals surface area contributed by atoms with Crippen molar-refractivity contribution in [3.8, 4) is 0 Å². The van der Waals surface area contributed by atoms with Crippen LogP contribution in [0.1, 0.15) is 12.8 Å². The monoisotopic (exact) mass is 261 g/mol. The first kappa shape index (κ1) is 14.9. The summed E-state index contributed by atoms with van der Waals surface area (Å²) in [4.78, 5) is 3.63. The summed E-state index contributed by atoms with van der Waals surface area (Å²) in [6.07, 6.45) is 0.775. The van der Waals surface area contributed by atoms with Gasteiger partial charge in [-0.2, -0.15) is 0 Å². The second kappa shape index (κ2) is 6.70. The first-order valence-corrected chi connectivity index (χ1v) is 6.01. The Morgan fingerprint density at radius 1 is 1.11 bits per heavy atom. The van der Waals surface area contributed by atoms with Gasteiger partial charge in [0.2, 0.25) is 0 Å². The van der Waals surface area contributed by atoms with Crippen LogP contribution in [0.25, 0.3) is 0 Å². The zero-order valence-electron chi connectivity index (χ0n) is 10.9. The number of nitrogens with zero attached hydrogens (tertiary/aromatic N) is 2. The highest BCUT2D eigenvalue weighted by Crippen LogP contribution is 2.31. The van der Waals surface area contributed by atoms with Gasteiger partial charge in [-0.25, -0.2) is 8.78 Å². The van der Waals surface area contributed by atoms with Crippen LogP contribution in [0.5, 0.6) is 0 Å². The Bertz CT molecular complexity index is 355. The number of hydrogen-bond donors (Lipinski definition) is 2. The number of aliphatic hydroxyl groups excluding tert-OH is 1. The van der Waals surface area contributed by atoms with E-state index in [0.29, 0.717) is 38.2 Å². The minimum Gasteiger partial charge on any atom is -0.400 e. The number of nitrogens with two attached hydrogens (primary N) is 1. The number of allylic oxidation sites excluding steroid dienone is 4. The standard InChI is InChI=1S/C12H21F2N3O/c1-16(7-8-18)5-6-17(2)10-4-3-9(15)11(13)12(10)14/h18H,3-8,15H2,1-2H3. The maximum absolute atomic E-state index is 13.7. The molecule has 0 spiro atoms. The third kappa shape index (κ3) is 3.68. The molecule has 4 nitrogen and oxygen atoms in total. The smallest absolute Gasteiger partial charge is 0.179 e. The summed E-state index contributed by atoms with van der Waals surface area (Å²) in [6.45, 7) is 1.91. The molecule has 18 heavy (non-hydrogen) atoms. The maximum atomic E-state index is 13.7. The second-order valence-electron chi connectivity index (χ2n) is 4.55. The Kier molecular flexibility index (Phi) is 5.55. The largest absolute Gasteiger partial charge is 0.400 e. The highest BCUT2D eigenvalue weighted by Gasteiger charge is 2.23. The lowest BCUT2D eigenvalue weighted by Crippen LogP contribution is -2.33. The fraction of sp³-hybridized carbons (Fsp3) is 0.667. The molecule has 0 aliphatic heterocycles. The summed E-state index contributed by atoms with van der Waals surface area (Å²) in [7, 11) is 3.60. The Hall–Kier alpha value is -1.14. The van der Waals surface area contributed by atoms with Crippen molar-refractivity contribution in [3.05, 3.63) is 23.0 Å². The summed E-state index contributed by atoms with van der Waals surface area (Å²) in [6, 6.07) is 0. The van der Waals surface area contributed by atoms with Gasteiger partial charge >= 0.3 is 0 Å². The van der Waals surface area contributed by atoms with Gasteiger partial charge < -0.3 is 20.6 Å². The van der Waals surface area contributed by atoms with E-state index in [1.165, 1.54) is 0 Å². The Labute approximate surface area is 106 Å². The Morgan fingerprint density at radius 3 is 2.39 bits per heavy atom. The van der Waals surface area contributed by atoms with Gasteiger partial charge in [-0.15, -0.1) is 0 Å². The van der Waals surface area contributed by atoms with E-state index >= 15 is 0 Å².